The number of carbonyl (C=O) groups is 1. The largest absolute Gasteiger partial charge is 0.361 e. The second kappa shape index (κ2) is 7.34. The highest BCUT2D eigenvalue weighted by Crippen LogP contribution is 2.46. The Morgan fingerprint density at radius 1 is 1.29 bits per heavy atom. The van der Waals surface area contributed by atoms with Crippen LogP contribution in [-0.2, 0) is 21.4 Å². The van der Waals surface area contributed by atoms with E-state index in [0.29, 0.717) is 4.91 Å². The van der Waals surface area contributed by atoms with Gasteiger partial charge in [-0.15, -0.1) is 0 Å². The molecule has 2 aliphatic rings. The number of primary sulfonamides is 1. The maximum absolute atomic E-state index is 12.8. The van der Waals surface area contributed by atoms with Gasteiger partial charge in [0.05, 0.1) is 14.8 Å². The lowest BCUT2D eigenvalue weighted by atomic mass is 10.2. The van der Waals surface area contributed by atoms with Gasteiger partial charge in [-0.05, 0) is 46.8 Å². The molecule has 3 heterocycles. The highest BCUT2D eigenvalue weighted by Gasteiger charge is 2.27. The molecule has 0 aliphatic carbocycles. The number of aliphatic imine (C=N–C) groups is 1. The highest BCUT2D eigenvalue weighted by atomic mass is 32.2. The molecular weight excluding hydrogens is 396 g/mol. The first-order valence-corrected chi connectivity index (χ1v) is 11.3. The van der Waals surface area contributed by atoms with Crippen molar-refractivity contribution < 1.29 is 13.2 Å². The first kappa shape index (κ1) is 18.6. The molecule has 144 valence electrons. The maximum atomic E-state index is 12.8. The number of allylic oxidation sites excluding steroid dienone is 2. The van der Waals surface area contributed by atoms with E-state index in [9.17, 15) is 13.2 Å². The van der Waals surface area contributed by atoms with Gasteiger partial charge in [-0.3, -0.25) is 9.79 Å². The van der Waals surface area contributed by atoms with Crippen molar-refractivity contribution in [1.82, 2.24) is 10.3 Å². The molecule has 1 amide bonds. The molecule has 0 spiro atoms. The second-order valence-corrected chi connectivity index (χ2v) is 9.61. The van der Waals surface area contributed by atoms with Crippen molar-refractivity contribution in [2.75, 3.05) is 0 Å². The number of sulfonamides is 1. The minimum absolute atomic E-state index is 0.0432. The number of nitrogens with two attached hydrogens (primary N) is 1. The predicted octanol–water partition coefficient (Wildman–Crippen LogP) is 1.98. The number of benzene rings is 1. The predicted molar refractivity (Wildman–Crippen MR) is 111 cm³/mol. The molecule has 2 aliphatic heterocycles. The zero-order chi connectivity index (χ0) is 19.7. The van der Waals surface area contributed by atoms with Crippen LogP contribution in [0.15, 0.2) is 74.1 Å². The summed E-state index contributed by atoms with van der Waals surface area (Å²) < 4.78 is 22.7. The van der Waals surface area contributed by atoms with E-state index < -0.39 is 20.5 Å². The van der Waals surface area contributed by atoms with E-state index in [2.05, 4.69) is 15.3 Å². The topological polar surface area (TPSA) is 117 Å². The standard InChI is InChI=1S/C19H18N4O3S2/c20-28(25,26)16-5-3-13(4-6-16)11-23-18(24)17-10-14-7-9-22-19(14)27(17)12-15-2-1-8-21-15/h1-6,8-10,12,21H,7,11H2,(H,23,24)(H2,20,25,26). The molecular formula is C19H18N4O3S2. The van der Waals surface area contributed by atoms with Crippen LogP contribution < -0.4 is 10.5 Å². The van der Waals surface area contributed by atoms with Gasteiger partial charge < -0.3 is 10.3 Å². The molecule has 1 unspecified atom stereocenters. The fraction of sp³-hybridized carbons (Fsp3) is 0.105. The Kier molecular flexibility index (Phi) is 4.88. The number of H-pyrrole nitrogens is 1. The van der Waals surface area contributed by atoms with Crippen molar-refractivity contribution in [3.05, 3.63) is 75.4 Å². The molecule has 1 aromatic carbocycles. The van der Waals surface area contributed by atoms with Crippen molar-refractivity contribution >= 4 is 38.0 Å². The van der Waals surface area contributed by atoms with Crippen LogP contribution >= 0.6 is 10.5 Å². The monoisotopic (exact) mass is 414 g/mol. The van der Waals surface area contributed by atoms with Gasteiger partial charge in [0.15, 0.2) is 0 Å². The van der Waals surface area contributed by atoms with Crippen LogP contribution in [0.1, 0.15) is 17.7 Å². The summed E-state index contributed by atoms with van der Waals surface area (Å²) in [5.74, 6) is -0.161. The molecule has 28 heavy (non-hydrogen) atoms. The summed E-state index contributed by atoms with van der Waals surface area (Å²) in [7, 11) is -4.25. The van der Waals surface area contributed by atoms with Crippen LogP contribution in [0.2, 0.25) is 0 Å². The molecule has 0 saturated carbocycles. The van der Waals surface area contributed by atoms with Gasteiger partial charge in [0.1, 0.15) is 0 Å². The minimum atomic E-state index is -3.73. The van der Waals surface area contributed by atoms with Crippen LogP contribution in [0.4, 0.5) is 0 Å². The smallest absolute Gasteiger partial charge is 0.257 e. The number of hydrogen-bond donors (Lipinski definition) is 3. The Morgan fingerprint density at radius 3 is 2.75 bits per heavy atom. The van der Waals surface area contributed by atoms with Gasteiger partial charge in [0.25, 0.3) is 5.91 Å². The van der Waals surface area contributed by atoms with Crippen molar-refractivity contribution in [2.45, 2.75) is 17.9 Å². The molecule has 4 rings (SSSR count). The van der Waals surface area contributed by atoms with Gasteiger partial charge in [-0.1, -0.05) is 22.6 Å². The zero-order valence-electron chi connectivity index (χ0n) is 14.8. The number of aromatic amines is 1. The normalized spacial score (nSPS) is 18.5. The molecule has 9 heteroatoms. The van der Waals surface area contributed by atoms with Gasteiger partial charge in [-0.2, -0.15) is 0 Å². The van der Waals surface area contributed by atoms with Crippen molar-refractivity contribution in [1.29, 1.82) is 0 Å². The Labute approximate surface area is 165 Å². The van der Waals surface area contributed by atoms with Crippen LogP contribution in [0.3, 0.4) is 0 Å². The molecule has 0 fully saturated rings. The summed E-state index contributed by atoms with van der Waals surface area (Å²) in [6.45, 7) is 0.286. The van der Waals surface area contributed by atoms with Crippen molar-refractivity contribution in [2.24, 2.45) is 10.1 Å². The van der Waals surface area contributed by atoms with E-state index in [4.69, 9.17) is 5.14 Å². The fourth-order valence-corrected chi connectivity index (χ4v) is 5.45. The number of amides is 1. The van der Waals surface area contributed by atoms with E-state index in [1.165, 1.54) is 12.1 Å². The zero-order valence-corrected chi connectivity index (χ0v) is 16.4. The van der Waals surface area contributed by atoms with Crippen LogP contribution in [0.25, 0.3) is 0 Å². The van der Waals surface area contributed by atoms with E-state index >= 15 is 0 Å². The van der Waals surface area contributed by atoms with Crippen LogP contribution in [-0.4, -0.2) is 30.9 Å². The maximum Gasteiger partial charge on any atom is 0.257 e. The van der Waals surface area contributed by atoms with Gasteiger partial charge in [0.2, 0.25) is 10.0 Å². The van der Waals surface area contributed by atoms with Crippen molar-refractivity contribution in [3.63, 3.8) is 0 Å². The summed E-state index contributed by atoms with van der Waals surface area (Å²) in [5, 5.41) is 11.0. The Hall–Kier alpha value is -2.75. The van der Waals surface area contributed by atoms with Crippen LogP contribution in [0.5, 0.6) is 0 Å². The summed E-state index contributed by atoms with van der Waals surface area (Å²) in [6, 6.07) is 9.99. The number of rotatable bonds is 5. The Bertz CT molecular complexity index is 1160. The number of carbonyl (C=O) groups excluding carboxylic acids is 1. The SMILES string of the molecule is NS(=O)(=O)c1ccc(CNC(=O)C2=CC3=C(N=CC3)S2=Cc2ccc[nH]2)cc1. The molecule has 4 N–H and O–H groups in total. The number of aromatic nitrogens is 1. The minimum Gasteiger partial charge on any atom is -0.361 e. The van der Waals surface area contributed by atoms with E-state index in [0.717, 1.165) is 28.3 Å². The quantitative estimate of drug-likeness (QED) is 0.649. The van der Waals surface area contributed by atoms with E-state index in [-0.39, 0.29) is 17.3 Å². The Morgan fingerprint density at radius 2 is 2.07 bits per heavy atom. The van der Waals surface area contributed by atoms with Crippen molar-refractivity contribution in [3.8, 4) is 0 Å². The van der Waals surface area contributed by atoms with Gasteiger partial charge in [-0.25, -0.2) is 13.6 Å². The third-order valence-electron chi connectivity index (χ3n) is 4.34. The number of nitrogens with one attached hydrogen (secondary N) is 2. The lowest BCUT2D eigenvalue weighted by molar-refractivity contribution is -0.116. The van der Waals surface area contributed by atoms with Crippen LogP contribution in [0, 0.1) is 0 Å². The molecule has 7 nitrogen and oxygen atoms in total. The summed E-state index contributed by atoms with van der Waals surface area (Å²) in [4.78, 5) is 21.1. The first-order valence-electron chi connectivity index (χ1n) is 8.50. The second-order valence-electron chi connectivity index (χ2n) is 6.31. The first-order chi connectivity index (χ1) is 13.4. The number of nitrogens with zero attached hydrogens (tertiary/aromatic N) is 1. The fourth-order valence-electron chi connectivity index (χ4n) is 2.94. The van der Waals surface area contributed by atoms with E-state index in [1.54, 1.807) is 12.1 Å². The molecule has 1 aromatic heterocycles. The molecule has 0 saturated heterocycles. The molecule has 0 bridgehead atoms. The third kappa shape index (κ3) is 3.77. The highest BCUT2D eigenvalue weighted by molar-refractivity contribution is 8.22. The van der Waals surface area contributed by atoms with Gasteiger partial charge in [0, 0.05) is 31.1 Å². The third-order valence-corrected chi connectivity index (χ3v) is 7.32. The molecule has 0 radical (unpaired) electrons. The molecule has 2 aromatic rings. The Balaban J connectivity index is 1.50. The average molecular weight is 415 g/mol. The van der Waals surface area contributed by atoms with Gasteiger partial charge >= 0.3 is 0 Å². The van der Waals surface area contributed by atoms with E-state index in [1.807, 2.05) is 36.0 Å². The summed E-state index contributed by atoms with van der Waals surface area (Å²) in [5.41, 5.74) is 2.80. The lowest BCUT2D eigenvalue weighted by Crippen LogP contribution is -2.23. The lowest BCUT2D eigenvalue weighted by Gasteiger charge is -2.10. The molecule has 1 atom stereocenters. The average Bonchev–Trinajstić information content (AvgIpc) is 3.38. The number of hydrogen-bond acceptors (Lipinski definition) is 4. The summed E-state index contributed by atoms with van der Waals surface area (Å²) >= 11 is 0. The summed E-state index contributed by atoms with van der Waals surface area (Å²) in [6.07, 6.45) is 6.37.